The van der Waals surface area contributed by atoms with E-state index in [4.69, 9.17) is 9.47 Å². The Hall–Kier alpha value is -1.71. The Balaban J connectivity index is 1.99. The fourth-order valence-corrected chi connectivity index (χ4v) is 2.35. The molecule has 1 aliphatic heterocycles. The van der Waals surface area contributed by atoms with E-state index in [9.17, 15) is 9.90 Å². The number of esters is 1. The summed E-state index contributed by atoms with van der Waals surface area (Å²) in [4.78, 5) is 11.4. The SMILES string of the molecule is CCOC(=O)CCC1(C)CCc2cc(O)ccc2O1. The van der Waals surface area contributed by atoms with Gasteiger partial charge in [-0.3, -0.25) is 4.79 Å². The van der Waals surface area contributed by atoms with Crippen molar-refractivity contribution in [1.82, 2.24) is 0 Å². The first kappa shape index (κ1) is 13.7. The number of fused-ring (bicyclic) bond motifs is 1. The Labute approximate surface area is 113 Å². The molecule has 1 N–H and O–H groups in total. The Morgan fingerprint density at radius 3 is 3.05 bits per heavy atom. The third-order valence-electron chi connectivity index (χ3n) is 3.49. The van der Waals surface area contributed by atoms with E-state index in [1.807, 2.05) is 6.92 Å². The molecule has 19 heavy (non-hydrogen) atoms. The van der Waals surface area contributed by atoms with Crippen LogP contribution in [0.5, 0.6) is 11.5 Å². The summed E-state index contributed by atoms with van der Waals surface area (Å²) in [6.07, 6.45) is 2.70. The van der Waals surface area contributed by atoms with Gasteiger partial charge in [0.2, 0.25) is 0 Å². The Kier molecular flexibility index (Phi) is 3.98. The molecule has 0 bridgehead atoms. The number of carbonyl (C=O) groups is 1. The molecule has 1 atom stereocenters. The fraction of sp³-hybridized carbons (Fsp3) is 0.533. The van der Waals surface area contributed by atoms with Gasteiger partial charge in [-0.25, -0.2) is 0 Å². The van der Waals surface area contributed by atoms with E-state index in [0.717, 1.165) is 24.2 Å². The number of hydrogen-bond donors (Lipinski definition) is 1. The molecule has 4 heteroatoms. The van der Waals surface area contributed by atoms with Gasteiger partial charge in [-0.1, -0.05) is 0 Å². The van der Waals surface area contributed by atoms with Crippen molar-refractivity contribution in [2.75, 3.05) is 6.61 Å². The van der Waals surface area contributed by atoms with Crippen LogP contribution in [0.4, 0.5) is 0 Å². The van der Waals surface area contributed by atoms with Crippen molar-refractivity contribution in [2.24, 2.45) is 0 Å². The number of rotatable bonds is 4. The van der Waals surface area contributed by atoms with Crippen molar-refractivity contribution in [3.05, 3.63) is 23.8 Å². The van der Waals surface area contributed by atoms with Crippen LogP contribution in [-0.2, 0) is 16.0 Å². The summed E-state index contributed by atoms with van der Waals surface area (Å²) in [6, 6.07) is 5.14. The van der Waals surface area contributed by atoms with Crippen LogP contribution in [0, 0.1) is 0 Å². The lowest BCUT2D eigenvalue weighted by atomic mass is 9.89. The molecular formula is C15H20O4. The van der Waals surface area contributed by atoms with Gasteiger partial charge in [-0.05, 0) is 56.9 Å². The van der Waals surface area contributed by atoms with Crippen LogP contribution < -0.4 is 4.74 Å². The Morgan fingerprint density at radius 1 is 1.53 bits per heavy atom. The second kappa shape index (κ2) is 5.51. The number of carbonyl (C=O) groups excluding carboxylic acids is 1. The summed E-state index contributed by atoms with van der Waals surface area (Å²) in [6.45, 7) is 4.24. The zero-order valence-corrected chi connectivity index (χ0v) is 11.4. The van der Waals surface area contributed by atoms with Gasteiger partial charge >= 0.3 is 5.97 Å². The standard InChI is InChI=1S/C15H20O4/c1-3-18-14(17)7-9-15(2)8-6-11-10-12(16)4-5-13(11)19-15/h4-5,10,16H,3,6-9H2,1-2H3. The average Bonchev–Trinajstić information content (AvgIpc) is 2.38. The fourth-order valence-electron chi connectivity index (χ4n) is 2.35. The predicted molar refractivity (Wildman–Crippen MR) is 71.3 cm³/mol. The lowest BCUT2D eigenvalue weighted by molar-refractivity contribution is -0.144. The lowest BCUT2D eigenvalue weighted by Gasteiger charge is -2.35. The molecule has 0 aliphatic carbocycles. The highest BCUT2D eigenvalue weighted by Gasteiger charge is 2.32. The number of hydrogen-bond acceptors (Lipinski definition) is 4. The number of phenolic OH excluding ortho intramolecular Hbond substituents is 1. The van der Waals surface area contributed by atoms with Crippen LogP contribution in [0.2, 0.25) is 0 Å². The largest absolute Gasteiger partial charge is 0.508 e. The topological polar surface area (TPSA) is 55.8 Å². The molecule has 0 spiro atoms. The molecule has 0 aromatic heterocycles. The van der Waals surface area contributed by atoms with Crippen LogP contribution in [0.15, 0.2) is 18.2 Å². The minimum atomic E-state index is -0.337. The van der Waals surface area contributed by atoms with Crippen LogP contribution in [0.3, 0.4) is 0 Å². The van der Waals surface area contributed by atoms with Crippen LogP contribution in [0.1, 0.15) is 38.7 Å². The van der Waals surface area contributed by atoms with Gasteiger partial charge in [0.05, 0.1) is 6.61 Å². The Morgan fingerprint density at radius 2 is 2.32 bits per heavy atom. The first-order valence-corrected chi connectivity index (χ1v) is 6.69. The molecule has 2 rings (SSSR count). The first-order chi connectivity index (χ1) is 9.02. The highest BCUT2D eigenvalue weighted by molar-refractivity contribution is 5.69. The van der Waals surface area contributed by atoms with Gasteiger partial charge in [0, 0.05) is 6.42 Å². The highest BCUT2D eigenvalue weighted by atomic mass is 16.5. The van der Waals surface area contributed by atoms with E-state index in [1.54, 1.807) is 25.1 Å². The zero-order chi connectivity index (χ0) is 13.9. The zero-order valence-electron chi connectivity index (χ0n) is 11.4. The van der Waals surface area contributed by atoms with E-state index in [2.05, 4.69) is 0 Å². The molecule has 0 saturated heterocycles. The van der Waals surface area contributed by atoms with Crippen molar-refractivity contribution >= 4 is 5.97 Å². The number of phenols is 1. The van der Waals surface area contributed by atoms with Crippen molar-refractivity contribution < 1.29 is 19.4 Å². The van der Waals surface area contributed by atoms with Crippen LogP contribution >= 0.6 is 0 Å². The monoisotopic (exact) mass is 264 g/mol. The van der Waals surface area contributed by atoms with E-state index < -0.39 is 0 Å². The van der Waals surface area contributed by atoms with Gasteiger partial charge < -0.3 is 14.6 Å². The van der Waals surface area contributed by atoms with E-state index in [-0.39, 0.29) is 17.3 Å². The molecule has 104 valence electrons. The Bertz CT molecular complexity index is 469. The smallest absolute Gasteiger partial charge is 0.305 e. The van der Waals surface area contributed by atoms with Gasteiger partial charge in [0.1, 0.15) is 17.1 Å². The molecule has 0 saturated carbocycles. The summed E-state index contributed by atoms with van der Waals surface area (Å²) < 4.78 is 10.9. The predicted octanol–water partition coefficient (Wildman–Crippen LogP) is 2.82. The molecule has 0 radical (unpaired) electrons. The van der Waals surface area contributed by atoms with Crippen molar-refractivity contribution in [2.45, 2.75) is 45.1 Å². The molecule has 1 aromatic carbocycles. The number of aromatic hydroxyl groups is 1. The maximum atomic E-state index is 11.4. The second-order valence-corrected chi connectivity index (χ2v) is 5.15. The highest BCUT2D eigenvalue weighted by Crippen LogP contribution is 2.37. The molecule has 4 nitrogen and oxygen atoms in total. The summed E-state index contributed by atoms with van der Waals surface area (Å²) >= 11 is 0. The molecule has 1 heterocycles. The normalized spacial score (nSPS) is 21.4. The number of aryl methyl sites for hydroxylation is 1. The summed E-state index contributed by atoms with van der Waals surface area (Å²) in [5.41, 5.74) is 0.685. The maximum absolute atomic E-state index is 11.4. The van der Waals surface area contributed by atoms with E-state index >= 15 is 0 Å². The molecule has 0 amide bonds. The molecule has 0 fully saturated rings. The van der Waals surface area contributed by atoms with E-state index in [0.29, 0.717) is 19.4 Å². The minimum Gasteiger partial charge on any atom is -0.508 e. The van der Waals surface area contributed by atoms with Gasteiger partial charge in [0.15, 0.2) is 0 Å². The summed E-state index contributed by atoms with van der Waals surface area (Å²) in [5, 5.41) is 9.44. The second-order valence-electron chi connectivity index (χ2n) is 5.15. The van der Waals surface area contributed by atoms with Crippen molar-refractivity contribution in [3.8, 4) is 11.5 Å². The average molecular weight is 264 g/mol. The molecule has 1 aliphatic rings. The van der Waals surface area contributed by atoms with Crippen molar-refractivity contribution in [3.63, 3.8) is 0 Å². The van der Waals surface area contributed by atoms with Gasteiger partial charge in [0.25, 0.3) is 0 Å². The summed E-state index contributed by atoms with van der Waals surface area (Å²) in [7, 11) is 0. The number of benzene rings is 1. The molecule has 1 aromatic rings. The van der Waals surface area contributed by atoms with Crippen LogP contribution in [0.25, 0.3) is 0 Å². The first-order valence-electron chi connectivity index (χ1n) is 6.69. The summed E-state index contributed by atoms with van der Waals surface area (Å²) in [5.74, 6) is 0.886. The third kappa shape index (κ3) is 3.40. The quantitative estimate of drug-likeness (QED) is 0.850. The lowest BCUT2D eigenvalue weighted by Crippen LogP contribution is -2.37. The van der Waals surface area contributed by atoms with Crippen LogP contribution in [-0.4, -0.2) is 23.3 Å². The van der Waals surface area contributed by atoms with E-state index in [1.165, 1.54) is 0 Å². The molecule has 1 unspecified atom stereocenters. The number of ether oxygens (including phenoxy) is 2. The van der Waals surface area contributed by atoms with Crippen molar-refractivity contribution in [1.29, 1.82) is 0 Å². The minimum absolute atomic E-state index is 0.177. The maximum Gasteiger partial charge on any atom is 0.305 e. The van der Waals surface area contributed by atoms with Gasteiger partial charge in [-0.2, -0.15) is 0 Å². The molecular weight excluding hydrogens is 244 g/mol. The third-order valence-corrected chi connectivity index (χ3v) is 3.49. The van der Waals surface area contributed by atoms with Gasteiger partial charge in [-0.15, -0.1) is 0 Å².